The van der Waals surface area contributed by atoms with Crippen molar-refractivity contribution in [2.75, 3.05) is 32.8 Å². The van der Waals surface area contributed by atoms with Gasteiger partial charge in [-0.3, -0.25) is 4.79 Å². The van der Waals surface area contributed by atoms with Crippen LogP contribution in [0.15, 0.2) is 36.5 Å². The van der Waals surface area contributed by atoms with E-state index in [1.165, 1.54) is 17.3 Å². The van der Waals surface area contributed by atoms with Gasteiger partial charge < -0.3 is 15.2 Å². The summed E-state index contributed by atoms with van der Waals surface area (Å²) in [7, 11) is 0. The Morgan fingerprint density at radius 1 is 1.32 bits per heavy atom. The lowest BCUT2D eigenvalue weighted by Crippen LogP contribution is -2.49. The third kappa shape index (κ3) is 3.87. The second-order valence-corrected chi connectivity index (χ2v) is 7.09. The number of hydrogen-bond acceptors (Lipinski definition) is 6. The van der Waals surface area contributed by atoms with Gasteiger partial charge in [-0.25, -0.2) is 15.0 Å². The van der Waals surface area contributed by atoms with Crippen molar-refractivity contribution in [1.82, 2.24) is 15.0 Å². The molecule has 1 aromatic heterocycles. The predicted octanol–water partition coefficient (Wildman–Crippen LogP) is 2.53. The number of hydrogen-bond donors (Lipinski definition) is 1. The smallest absolute Gasteiger partial charge is 0.250 e. The van der Waals surface area contributed by atoms with Crippen LogP contribution in [0.4, 0.5) is 0 Å². The van der Waals surface area contributed by atoms with E-state index in [0.717, 1.165) is 51.4 Å². The monoisotopic (exact) mass is 382 g/mol. The molecule has 148 valence electrons. The molecule has 7 nitrogen and oxygen atoms in total. The van der Waals surface area contributed by atoms with E-state index in [2.05, 4.69) is 34.1 Å². The summed E-state index contributed by atoms with van der Waals surface area (Å²) in [4.78, 5) is 15.3. The molecule has 7 heteroatoms. The Morgan fingerprint density at radius 3 is 2.82 bits per heavy atom. The van der Waals surface area contributed by atoms with Crippen molar-refractivity contribution in [1.29, 1.82) is 0 Å². The summed E-state index contributed by atoms with van der Waals surface area (Å²) in [5.41, 5.74) is 8.31. The van der Waals surface area contributed by atoms with E-state index in [0.29, 0.717) is 17.5 Å². The highest BCUT2D eigenvalue weighted by molar-refractivity contribution is 5.92. The van der Waals surface area contributed by atoms with Crippen LogP contribution in [0, 0.1) is 0 Å². The first-order chi connectivity index (χ1) is 13.7. The maximum atomic E-state index is 11.2. The summed E-state index contributed by atoms with van der Waals surface area (Å²) < 4.78 is 11.4. The molecule has 4 rings (SSSR count). The summed E-state index contributed by atoms with van der Waals surface area (Å²) in [6.07, 6.45) is 3.57. The lowest BCUT2D eigenvalue weighted by atomic mass is 10.1. The van der Waals surface area contributed by atoms with Gasteiger partial charge in [0.2, 0.25) is 11.8 Å². The zero-order valence-electron chi connectivity index (χ0n) is 16.1. The number of aromatic nitrogens is 1. The van der Waals surface area contributed by atoms with E-state index in [1.54, 1.807) is 12.1 Å². The largest absolute Gasteiger partial charge is 0.439 e. The van der Waals surface area contributed by atoms with E-state index in [4.69, 9.17) is 15.2 Å². The number of morpholine rings is 1. The molecule has 0 spiro atoms. The minimum atomic E-state index is -0.497. The van der Waals surface area contributed by atoms with Gasteiger partial charge in [-0.2, -0.15) is 0 Å². The minimum Gasteiger partial charge on any atom is -0.439 e. The minimum absolute atomic E-state index is 0.368. The van der Waals surface area contributed by atoms with Gasteiger partial charge in [0.25, 0.3) is 0 Å². The van der Waals surface area contributed by atoms with Crippen molar-refractivity contribution in [2.45, 2.75) is 25.8 Å². The number of primary amides is 1. The molecule has 1 saturated heterocycles. The molecule has 1 aliphatic heterocycles. The lowest BCUT2D eigenvalue weighted by molar-refractivity contribution is -0.111. The predicted molar refractivity (Wildman–Crippen MR) is 105 cm³/mol. The Hall–Kier alpha value is -2.48. The van der Waals surface area contributed by atoms with Crippen LogP contribution in [0.1, 0.15) is 40.9 Å². The van der Waals surface area contributed by atoms with Crippen LogP contribution in [0.25, 0.3) is 0 Å². The fraction of sp³-hybridized carbons (Fsp3) is 0.429. The second kappa shape index (κ2) is 8.26. The maximum Gasteiger partial charge on any atom is 0.250 e. The van der Waals surface area contributed by atoms with Gasteiger partial charge >= 0.3 is 0 Å². The second-order valence-electron chi connectivity index (χ2n) is 7.09. The molecule has 1 atom stereocenters. The summed E-state index contributed by atoms with van der Waals surface area (Å²) in [5, 5.41) is 4.91. The van der Waals surface area contributed by atoms with Gasteiger partial charge in [0, 0.05) is 31.9 Å². The SMILES string of the molecule is CCN(C1CCc2cc(Oc3ccc(C(N)=O)cn3)ccc21)N1CCOCC1. The molecule has 28 heavy (non-hydrogen) atoms. The number of nitrogens with two attached hydrogens (primary N) is 1. The normalized spacial score (nSPS) is 19.6. The van der Waals surface area contributed by atoms with Gasteiger partial charge in [0.05, 0.1) is 24.8 Å². The van der Waals surface area contributed by atoms with Gasteiger partial charge in [0.1, 0.15) is 5.75 Å². The Morgan fingerprint density at radius 2 is 2.14 bits per heavy atom. The number of hydrazine groups is 1. The fourth-order valence-electron chi connectivity index (χ4n) is 4.08. The number of rotatable bonds is 6. The number of carbonyl (C=O) groups excluding carboxylic acids is 1. The van der Waals surface area contributed by atoms with Crippen molar-refractivity contribution in [3.05, 3.63) is 53.2 Å². The Bertz CT molecular complexity index is 834. The van der Waals surface area contributed by atoms with E-state index >= 15 is 0 Å². The summed E-state index contributed by atoms with van der Waals surface area (Å²) in [6, 6.07) is 9.95. The molecule has 2 aromatic rings. The molecule has 1 amide bonds. The van der Waals surface area contributed by atoms with Crippen molar-refractivity contribution >= 4 is 5.91 Å². The summed E-state index contributed by atoms with van der Waals surface area (Å²) >= 11 is 0. The molecule has 1 unspecified atom stereocenters. The van der Waals surface area contributed by atoms with Crippen LogP contribution in [0.5, 0.6) is 11.6 Å². The molecule has 2 heterocycles. The third-order valence-electron chi connectivity index (χ3n) is 5.44. The zero-order chi connectivity index (χ0) is 19.5. The van der Waals surface area contributed by atoms with Crippen molar-refractivity contribution in [3.8, 4) is 11.6 Å². The summed E-state index contributed by atoms with van der Waals surface area (Å²) in [5.74, 6) is 0.708. The standard InChI is InChI=1S/C21H26N4O3/c1-2-25(24-9-11-27-12-10-24)19-7-3-15-13-17(5-6-18(15)19)28-20-8-4-16(14-23-20)21(22)26/h4-6,8,13-14,19H,2-3,7,9-12H2,1H3,(H2,22,26). The fourth-order valence-corrected chi connectivity index (χ4v) is 4.08. The molecule has 0 radical (unpaired) electrons. The first kappa shape index (κ1) is 18.9. The Labute approximate surface area is 165 Å². The molecule has 1 aromatic carbocycles. The van der Waals surface area contributed by atoms with Crippen LogP contribution in [0.2, 0.25) is 0 Å². The van der Waals surface area contributed by atoms with Gasteiger partial charge in [0.15, 0.2) is 0 Å². The molecular weight excluding hydrogens is 356 g/mol. The first-order valence-electron chi connectivity index (χ1n) is 9.81. The van der Waals surface area contributed by atoms with E-state index < -0.39 is 5.91 Å². The van der Waals surface area contributed by atoms with Gasteiger partial charge in [-0.15, -0.1) is 0 Å². The van der Waals surface area contributed by atoms with Crippen LogP contribution >= 0.6 is 0 Å². The number of benzene rings is 1. The molecule has 1 fully saturated rings. The van der Waals surface area contributed by atoms with Gasteiger partial charge in [-0.1, -0.05) is 13.0 Å². The van der Waals surface area contributed by atoms with Crippen molar-refractivity contribution < 1.29 is 14.3 Å². The number of fused-ring (bicyclic) bond motifs is 1. The quantitative estimate of drug-likeness (QED) is 0.827. The Kier molecular flexibility index (Phi) is 5.57. The Balaban J connectivity index is 1.49. The number of aryl methyl sites for hydroxylation is 1. The average Bonchev–Trinajstić information content (AvgIpc) is 3.13. The highest BCUT2D eigenvalue weighted by atomic mass is 16.5. The van der Waals surface area contributed by atoms with Crippen molar-refractivity contribution in [2.24, 2.45) is 5.73 Å². The number of carbonyl (C=O) groups is 1. The van der Waals surface area contributed by atoms with Crippen LogP contribution in [-0.2, 0) is 11.2 Å². The van der Waals surface area contributed by atoms with Crippen LogP contribution < -0.4 is 10.5 Å². The lowest BCUT2D eigenvalue weighted by Gasteiger charge is -2.40. The first-order valence-corrected chi connectivity index (χ1v) is 9.81. The highest BCUT2D eigenvalue weighted by Crippen LogP contribution is 2.38. The molecule has 0 bridgehead atoms. The van der Waals surface area contributed by atoms with E-state index in [1.807, 2.05) is 6.07 Å². The third-order valence-corrected chi connectivity index (χ3v) is 5.44. The number of nitrogens with zero attached hydrogens (tertiary/aromatic N) is 3. The number of pyridine rings is 1. The number of ether oxygens (including phenoxy) is 2. The van der Waals surface area contributed by atoms with Crippen LogP contribution in [0.3, 0.4) is 0 Å². The zero-order valence-corrected chi connectivity index (χ0v) is 16.1. The molecule has 2 aliphatic rings. The van der Waals surface area contributed by atoms with E-state index in [9.17, 15) is 4.79 Å². The molecular formula is C21H26N4O3. The molecule has 2 N–H and O–H groups in total. The average molecular weight is 382 g/mol. The van der Waals surface area contributed by atoms with Gasteiger partial charge in [-0.05, 0) is 42.2 Å². The number of amides is 1. The molecule has 0 saturated carbocycles. The summed E-state index contributed by atoms with van der Waals surface area (Å²) in [6.45, 7) is 6.70. The van der Waals surface area contributed by atoms with Crippen LogP contribution in [-0.4, -0.2) is 53.8 Å². The molecule has 1 aliphatic carbocycles. The van der Waals surface area contributed by atoms with Crippen molar-refractivity contribution in [3.63, 3.8) is 0 Å². The topological polar surface area (TPSA) is 80.9 Å². The van der Waals surface area contributed by atoms with E-state index in [-0.39, 0.29) is 0 Å². The maximum absolute atomic E-state index is 11.2. The highest BCUT2D eigenvalue weighted by Gasteiger charge is 2.31.